The lowest BCUT2D eigenvalue weighted by Crippen LogP contribution is -2.16. The van der Waals surface area contributed by atoms with Crippen LogP contribution in [0.3, 0.4) is 0 Å². The van der Waals surface area contributed by atoms with Crippen LogP contribution in [0.25, 0.3) is 0 Å². The summed E-state index contributed by atoms with van der Waals surface area (Å²) in [5, 5.41) is 4.00. The Morgan fingerprint density at radius 1 is 1.04 bits per heavy atom. The van der Waals surface area contributed by atoms with E-state index in [1.165, 1.54) is 44.9 Å². The molecule has 134 valence electrons. The molecule has 1 N–H and O–H groups in total. The molecule has 0 aromatic heterocycles. The van der Waals surface area contributed by atoms with Crippen molar-refractivity contribution in [3.63, 3.8) is 0 Å². The van der Waals surface area contributed by atoms with Crippen LogP contribution in [0.1, 0.15) is 76.7 Å². The van der Waals surface area contributed by atoms with Crippen molar-refractivity contribution in [3.05, 3.63) is 29.8 Å². The third-order valence-electron chi connectivity index (χ3n) is 4.04. The molecule has 4 nitrogen and oxygen atoms in total. The Bertz CT molecular complexity index is 486. The van der Waals surface area contributed by atoms with Crippen molar-refractivity contribution in [1.82, 2.24) is 5.43 Å². The van der Waals surface area contributed by atoms with Crippen LogP contribution >= 0.6 is 0 Å². The first-order chi connectivity index (χ1) is 11.8. The average Bonchev–Trinajstić information content (AvgIpc) is 2.60. The molecule has 0 unspecified atom stereocenters. The van der Waals surface area contributed by atoms with Crippen molar-refractivity contribution >= 4 is 12.1 Å². The second kappa shape index (κ2) is 13.6. The highest BCUT2D eigenvalue weighted by atomic mass is 16.5. The molecule has 1 rings (SSSR count). The van der Waals surface area contributed by atoms with Gasteiger partial charge in [0.15, 0.2) is 0 Å². The number of unbranched alkanes of at least 4 members (excludes halogenated alkanes) is 8. The maximum absolute atomic E-state index is 11.7. The van der Waals surface area contributed by atoms with Crippen molar-refractivity contribution in [2.45, 2.75) is 71.1 Å². The van der Waals surface area contributed by atoms with Gasteiger partial charge < -0.3 is 4.74 Å². The van der Waals surface area contributed by atoms with Gasteiger partial charge >= 0.3 is 0 Å². The van der Waals surface area contributed by atoms with Gasteiger partial charge in [0.05, 0.1) is 13.3 Å². The average molecular weight is 332 g/mol. The van der Waals surface area contributed by atoms with E-state index in [0.29, 0.717) is 6.42 Å². The summed E-state index contributed by atoms with van der Waals surface area (Å²) in [5.41, 5.74) is 3.43. The minimum absolute atomic E-state index is 0.0240. The van der Waals surface area contributed by atoms with Crippen molar-refractivity contribution < 1.29 is 9.53 Å². The van der Waals surface area contributed by atoms with Crippen LogP contribution in [0, 0.1) is 0 Å². The van der Waals surface area contributed by atoms with Gasteiger partial charge in [-0.3, -0.25) is 4.79 Å². The molecular weight excluding hydrogens is 300 g/mol. The number of amides is 1. The van der Waals surface area contributed by atoms with Gasteiger partial charge in [0.2, 0.25) is 5.91 Å². The Hall–Kier alpha value is -1.84. The van der Waals surface area contributed by atoms with Crippen LogP contribution in [0.2, 0.25) is 0 Å². The molecule has 0 fully saturated rings. The summed E-state index contributed by atoms with van der Waals surface area (Å²) >= 11 is 0. The number of ether oxygens (including phenoxy) is 1. The van der Waals surface area contributed by atoms with Crippen LogP contribution in [0.5, 0.6) is 5.75 Å². The molecule has 4 heteroatoms. The van der Waals surface area contributed by atoms with Gasteiger partial charge in [-0.05, 0) is 18.6 Å². The van der Waals surface area contributed by atoms with Crippen LogP contribution in [-0.2, 0) is 4.79 Å². The highest BCUT2D eigenvalue weighted by Crippen LogP contribution is 2.14. The number of nitrogens with one attached hydrogen (secondary N) is 1. The lowest BCUT2D eigenvalue weighted by Gasteiger charge is -2.03. The van der Waals surface area contributed by atoms with E-state index in [2.05, 4.69) is 17.5 Å². The molecule has 1 amide bonds. The molecular formula is C20H32N2O2. The summed E-state index contributed by atoms with van der Waals surface area (Å²) in [6.07, 6.45) is 13.4. The van der Waals surface area contributed by atoms with E-state index in [-0.39, 0.29) is 5.91 Å². The first kappa shape index (κ1) is 20.2. The summed E-state index contributed by atoms with van der Waals surface area (Å²) in [6, 6.07) is 7.58. The minimum atomic E-state index is -0.0240. The molecule has 24 heavy (non-hydrogen) atoms. The molecule has 1 aromatic rings. The maximum atomic E-state index is 11.7. The molecule has 0 radical (unpaired) electrons. The van der Waals surface area contributed by atoms with Crippen LogP contribution in [-0.4, -0.2) is 19.2 Å². The Morgan fingerprint density at radius 3 is 2.33 bits per heavy atom. The van der Waals surface area contributed by atoms with E-state index < -0.39 is 0 Å². The van der Waals surface area contributed by atoms with Crippen LogP contribution in [0.15, 0.2) is 29.4 Å². The fourth-order valence-corrected chi connectivity index (χ4v) is 2.60. The third kappa shape index (κ3) is 9.33. The van der Waals surface area contributed by atoms with Crippen LogP contribution < -0.4 is 10.2 Å². The number of carbonyl (C=O) groups is 1. The van der Waals surface area contributed by atoms with Gasteiger partial charge in [-0.25, -0.2) is 5.43 Å². The molecule has 0 aliphatic heterocycles. The fraction of sp³-hybridized carbons (Fsp3) is 0.600. The van der Waals surface area contributed by atoms with Crippen molar-refractivity contribution in [1.29, 1.82) is 0 Å². The predicted molar refractivity (Wildman–Crippen MR) is 101 cm³/mol. The number of hydrogen-bond acceptors (Lipinski definition) is 3. The van der Waals surface area contributed by atoms with Gasteiger partial charge in [0.1, 0.15) is 5.75 Å². The number of benzene rings is 1. The number of nitrogens with zero attached hydrogens (tertiary/aromatic N) is 1. The number of carbonyl (C=O) groups excluding carboxylic acids is 1. The topological polar surface area (TPSA) is 50.7 Å². The summed E-state index contributed by atoms with van der Waals surface area (Å²) < 4.78 is 5.23. The summed E-state index contributed by atoms with van der Waals surface area (Å²) in [6.45, 7) is 2.24. The monoisotopic (exact) mass is 332 g/mol. The first-order valence-corrected chi connectivity index (χ1v) is 9.22. The predicted octanol–water partition coefficient (Wildman–Crippen LogP) is 5.07. The van der Waals surface area contributed by atoms with Gasteiger partial charge in [-0.1, -0.05) is 70.4 Å². The smallest absolute Gasteiger partial charge is 0.240 e. The second-order valence-corrected chi connectivity index (χ2v) is 6.11. The minimum Gasteiger partial charge on any atom is -0.496 e. The molecule has 0 aliphatic carbocycles. The Labute approximate surface area is 146 Å². The molecule has 1 aromatic carbocycles. The summed E-state index contributed by atoms with van der Waals surface area (Å²) in [7, 11) is 1.62. The SMILES string of the molecule is CCCCCCCCCCCC(=O)N/N=C/c1ccccc1OC. The Balaban J connectivity index is 2.07. The zero-order valence-electron chi connectivity index (χ0n) is 15.2. The molecule has 0 atom stereocenters. The van der Waals surface area contributed by atoms with Crippen molar-refractivity contribution in [3.8, 4) is 5.75 Å². The van der Waals surface area contributed by atoms with Gasteiger partial charge in [0.25, 0.3) is 0 Å². The van der Waals surface area contributed by atoms with E-state index >= 15 is 0 Å². The zero-order valence-corrected chi connectivity index (χ0v) is 15.2. The molecule has 0 saturated carbocycles. The van der Waals surface area contributed by atoms with Crippen LogP contribution in [0.4, 0.5) is 0 Å². The molecule has 0 saturated heterocycles. The zero-order chi connectivity index (χ0) is 17.5. The van der Waals surface area contributed by atoms with E-state index in [9.17, 15) is 4.79 Å². The number of rotatable bonds is 13. The Morgan fingerprint density at radius 2 is 1.67 bits per heavy atom. The third-order valence-corrected chi connectivity index (χ3v) is 4.04. The van der Waals surface area contributed by atoms with E-state index in [1.54, 1.807) is 13.3 Å². The summed E-state index contributed by atoms with van der Waals surface area (Å²) in [4.78, 5) is 11.7. The number of para-hydroxylation sites is 1. The lowest BCUT2D eigenvalue weighted by atomic mass is 10.1. The summed E-state index contributed by atoms with van der Waals surface area (Å²) in [5.74, 6) is 0.721. The second-order valence-electron chi connectivity index (χ2n) is 6.11. The molecule has 0 aliphatic rings. The van der Waals surface area contributed by atoms with E-state index in [4.69, 9.17) is 4.74 Å². The number of hydrazone groups is 1. The number of methoxy groups -OCH3 is 1. The van der Waals surface area contributed by atoms with Gasteiger partial charge in [0, 0.05) is 12.0 Å². The standard InChI is InChI=1S/C20H32N2O2/c1-3-4-5-6-7-8-9-10-11-16-20(23)22-21-17-18-14-12-13-15-19(18)24-2/h12-15,17H,3-11,16H2,1-2H3,(H,22,23)/b21-17+. The van der Waals surface area contributed by atoms with Gasteiger partial charge in [-0.2, -0.15) is 5.10 Å². The first-order valence-electron chi connectivity index (χ1n) is 9.22. The van der Waals surface area contributed by atoms with Gasteiger partial charge in [-0.15, -0.1) is 0 Å². The highest BCUT2D eigenvalue weighted by molar-refractivity contribution is 5.85. The Kier molecular flexibility index (Phi) is 11.4. The number of hydrogen-bond donors (Lipinski definition) is 1. The molecule has 0 spiro atoms. The van der Waals surface area contributed by atoms with E-state index in [1.807, 2.05) is 24.3 Å². The highest BCUT2D eigenvalue weighted by Gasteiger charge is 2.01. The lowest BCUT2D eigenvalue weighted by molar-refractivity contribution is -0.121. The normalized spacial score (nSPS) is 10.9. The fourth-order valence-electron chi connectivity index (χ4n) is 2.60. The quantitative estimate of drug-likeness (QED) is 0.311. The van der Waals surface area contributed by atoms with Crippen molar-refractivity contribution in [2.75, 3.05) is 7.11 Å². The van der Waals surface area contributed by atoms with E-state index in [0.717, 1.165) is 24.2 Å². The molecule has 0 heterocycles. The van der Waals surface area contributed by atoms with Crippen molar-refractivity contribution in [2.24, 2.45) is 5.10 Å². The largest absolute Gasteiger partial charge is 0.496 e. The maximum Gasteiger partial charge on any atom is 0.240 e. The molecule has 0 bridgehead atoms.